The van der Waals surface area contributed by atoms with E-state index in [0.717, 1.165) is 42.4 Å². The van der Waals surface area contributed by atoms with Gasteiger partial charge in [-0.05, 0) is 111 Å². The average molecular weight is 473 g/mol. The van der Waals surface area contributed by atoms with Crippen LogP contribution in [0.15, 0.2) is 112 Å². The molecule has 37 heavy (non-hydrogen) atoms. The Morgan fingerprint density at radius 2 is 1.92 bits per heavy atom. The zero-order chi connectivity index (χ0) is 25.1. The van der Waals surface area contributed by atoms with Crippen LogP contribution in [0.3, 0.4) is 0 Å². The molecule has 0 saturated carbocycles. The summed E-state index contributed by atoms with van der Waals surface area (Å²) in [6.45, 7) is 2.26. The lowest BCUT2D eigenvalue weighted by molar-refractivity contribution is 1.13. The predicted octanol–water partition coefficient (Wildman–Crippen LogP) is 6.49. The SMILES string of the molecule is CC1=c2cc3c(c4cccc(c24)C1)=CCC1=C3C=C/C1=C\C=C\C1=CC(=C(C#N)C#N)C2=CCC=C2C1. The van der Waals surface area contributed by atoms with Gasteiger partial charge in [0.2, 0.25) is 0 Å². The predicted molar refractivity (Wildman–Crippen MR) is 150 cm³/mol. The highest BCUT2D eigenvalue weighted by Gasteiger charge is 2.24. The topological polar surface area (TPSA) is 47.6 Å². The van der Waals surface area contributed by atoms with Gasteiger partial charge in [0.25, 0.3) is 0 Å². The highest BCUT2D eigenvalue weighted by molar-refractivity contribution is 5.98. The van der Waals surface area contributed by atoms with Crippen LogP contribution in [0.25, 0.3) is 28.0 Å². The second-order valence-electron chi connectivity index (χ2n) is 10.3. The molecule has 0 N–H and O–H groups in total. The van der Waals surface area contributed by atoms with Crippen molar-refractivity contribution >= 4 is 28.0 Å². The molecule has 5 aliphatic rings. The molecule has 2 nitrogen and oxygen atoms in total. The maximum absolute atomic E-state index is 9.44. The van der Waals surface area contributed by atoms with Gasteiger partial charge >= 0.3 is 0 Å². The first-order chi connectivity index (χ1) is 18.2. The Bertz CT molecular complexity index is 1910. The number of rotatable bonds is 2. The number of benzene rings is 2. The average Bonchev–Trinajstić information content (AvgIpc) is 3.63. The van der Waals surface area contributed by atoms with Gasteiger partial charge in [-0.25, -0.2) is 0 Å². The third kappa shape index (κ3) is 3.23. The van der Waals surface area contributed by atoms with Crippen LogP contribution in [0.2, 0.25) is 0 Å². The lowest BCUT2D eigenvalue weighted by atomic mass is 9.85. The summed E-state index contributed by atoms with van der Waals surface area (Å²) >= 11 is 0. The second kappa shape index (κ2) is 8.19. The standard InChI is InChI=1S/C35H24N2/c1-21-15-25-8-4-10-31-30-14-13-28-23(11-12-29(28)34(30)18-32(21)35(25)31)6-2-5-22-16-24-7-3-9-27(24)33(17-22)26(19-36)20-37/h2,4-12,14,17-18H,3,13,15-16H2,1H3/b5-2+,23-6+. The maximum atomic E-state index is 9.44. The van der Waals surface area contributed by atoms with Gasteiger partial charge in [-0.15, -0.1) is 0 Å². The summed E-state index contributed by atoms with van der Waals surface area (Å²) in [4.78, 5) is 0. The van der Waals surface area contributed by atoms with Crippen LogP contribution in [0.4, 0.5) is 0 Å². The van der Waals surface area contributed by atoms with Crippen LogP contribution in [-0.4, -0.2) is 0 Å². The van der Waals surface area contributed by atoms with Gasteiger partial charge in [0, 0.05) is 5.57 Å². The van der Waals surface area contributed by atoms with Crippen molar-refractivity contribution in [3.8, 4) is 12.1 Å². The van der Waals surface area contributed by atoms with E-state index in [1.807, 2.05) is 6.08 Å². The number of hydrogen-bond acceptors (Lipinski definition) is 2. The molecule has 2 aromatic rings. The third-order valence-electron chi connectivity index (χ3n) is 8.23. The molecule has 0 unspecified atom stereocenters. The Kier molecular flexibility index (Phi) is 4.78. The number of hydrogen-bond donors (Lipinski definition) is 0. The van der Waals surface area contributed by atoms with Crippen LogP contribution in [0, 0.1) is 22.7 Å². The minimum atomic E-state index is 0.184. The van der Waals surface area contributed by atoms with Gasteiger partial charge < -0.3 is 0 Å². The monoisotopic (exact) mass is 472 g/mol. The lowest BCUT2D eigenvalue weighted by Crippen LogP contribution is -2.19. The van der Waals surface area contributed by atoms with Crippen LogP contribution < -0.4 is 10.4 Å². The van der Waals surface area contributed by atoms with Gasteiger partial charge in [0.15, 0.2) is 0 Å². The summed E-state index contributed by atoms with van der Waals surface area (Å²) in [6.07, 6.45) is 23.3. The first-order valence-corrected chi connectivity index (χ1v) is 12.9. The molecule has 0 bridgehead atoms. The Hall–Kier alpha value is -4.66. The fourth-order valence-electron chi connectivity index (χ4n) is 6.54. The quantitative estimate of drug-likeness (QED) is 0.469. The van der Waals surface area contributed by atoms with Crippen LogP contribution in [0.1, 0.15) is 37.3 Å². The highest BCUT2D eigenvalue weighted by atomic mass is 14.3. The summed E-state index contributed by atoms with van der Waals surface area (Å²) in [5.74, 6) is 0. The molecule has 2 heteroatoms. The molecule has 0 radical (unpaired) electrons. The van der Waals surface area contributed by atoms with Crippen molar-refractivity contribution in [2.45, 2.75) is 32.6 Å². The van der Waals surface area contributed by atoms with E-state index in [0.29, 0.717) is 0 Å². The summed E-state index contributed by atoms with van der Waals surface area (Å²) < 4.78 is 0. The fraction of sp³-hybridized carbons (Fsp3) is 0.143. The Morgan fingerprint density at radius 3 is 2.78 bits per heavy atom. The zero-order valence-corrected chi connectivity index (χ0v) is 20.7. The molecule has 7 rings (SSSR count). The molecule has 0 fully saturated rings. The normalized spacial score (nSPS) is 19.9. The molecule has 0 heterocycles. The summed E-state index contributed by atoms with van der Waals surface area (Å²) in [5, 5.41) is 24.5. The van der Waals surface area contributed by atoms with Gasteiger partial charge in [0.1, 0.15) is 17.7 Å². The van der Waals surface area contributed by atoms with Gasteiger partial charge in [-0.3, -0.25) is 0 Å². The zero-order valence-electron chi connectivity index (χ0n) is 20.7. The van der Waals surface area contributed by atoms with Crippen molar-refractivity contribution in [2.75, 3.05) is 0 Å². The molecule has 174 valence electrons. The van der Waals surface area contributed by atoms with Crippen LogP contribution in [-0.2, 0) is 6.42 Å². The molecule has 0 spiro atoms. The van der Waals surface area contributed by atoms with E-state index in [1.165, 1.54) is 60.2 Å². The summed E-state index contributed by atoms with van der Waals surface area (Å²) in [6, 6.07) is 13.3. The minimum Gasteiger partial charge on any atom is -0.192 e. The number of nitrogens with zero attached hydrogens (tertiary/aromatic N) is 2. The Labute approximate surface area is 216 Å². The summed E-state index contributed by atoms with van der Waals surface area (Å²) in [5.41, 5.74) is 12.6. The maximum Gasteiger partial charge on any atom is 0.137 e. The largest absolute Gasteiger partial charge is 0.192 e. The fourth-order valence-corrected chi connectivity index (χ4v) is 6.54. The van der Waals surface area contributed by atoms with E-state index in [9.17, 15) is 10.5 Å². The number of nitriles is 2. The van der Waals surface area contributed by atoms with E-state index in [2.05, 4.69) is 91.9 Å². The minimum absolute atomic E-state index is 0.184. The molecular weight excluding hydrogens is 448 g/mol. The van der Waals surface area contributed by atoms with Gasteiger partial charge in [0.05, 0.1) is 0 Å². The molecule has 0 saturated heterocycles. The van der Waals surface area contributed by atoms with Crippen molar-refractivity contribution in [2.24, 2.45) is 0 Å². The smallest absolute Gasteiger partial charge is 0.137 e. The van der Waals surface area contributed by atoms with Crippen molar-refractivity contribution < 1.29 is 0 Å². The highest BCUT2D eigenvalue weighted by Crippen LogP contribution is 2.39. The second-order valence-corrected chi connectivity index (χ2v) is 10.3. The number of fused-ring (bicyclic) bond motifs is 4. The van der Waals surface area contributed by atoms with Crippen molar-refractivity contribution in [3.63, 3.8) is 0 Å². The summed E-state index contributed by atoms with van der Waals surface area (Å²) in [7, 11) is 0. The first kappa shape index (κ1) is 21.6. The van der Waals surface area contributed by atoms with Crippen LogP contribution >= 0.6 is 0 Å². The van der Waals surface area contributed by atoms with Gasteiger partial charge in [-0.2, -0.15) is 10.5 Å². The van der Waals surface area contributed by atoms with Gasteiger partial charge in [-0.1, -0.05) is 72.4 Å². The number of allylic oxidation sites excluding steroid dienone is 16. The van der Waals surface area contributed by atoms with E-state index in [-0.39, 0.29) is 5.57 Å². The molecule has 0 amide bonds. The molecule has 2 aromatic carbocycles. The van der Waals surface area contributed by atoms with Crippen molar-refractivity contribution in [1.82, 2.24) is 0 Å². The lowest BCUT2D eigenvalue weighted by Gasteiger charge is -2.18. The molecule has 0 aromatic heterocycles. The molecule has 0 atom stereocenters. The van der Waals surface area contributed by atoms with Crippen molar-refractivity contribution in [1.29, 1.82) is 10.5 Å². The third-order valence-corrected chi connectivity index (χ3v) is 8.23. The molecule has 0 aliphatic heterocycles. The Balaban J connectivity index is 1.26. The van der Waals surface area contributed by atoms with Crippen LogP contribution in [0.5, 0.6) is 0 Å². The molecular formula is C35H24N2. The van der Waals surface area contributed by atoms with E-state index >= 15 is 0 Å². The van der Waals surface area contributed by atoms with E-state index in [1.54, 1.807) is 0 Å². The van der Waals surface area contributed by atoms with Crippen molar-refractivity contribution in [3.05, 3.63) is 133 Å². The van der Waals surface area contributed by atoms with E-state index in [4.69, 9.17) is 0 Å². The first-order valence-electron chi connectivity index (χ1n) is 12.9. The Morgan fingerprint density at radius 1 is 1.03 bits per heavy atom. The van der Waals surface area contributed by atoms with E-state index < -0.39 is 0 Å². The molecule has 5 aliphatic carbocycles.